The number of benzene rings is 3. The minimum atomic E-state index is -0.624. The zero-order valence-electron chi connectivity index (χ0n) is 20.4. The van der Waals surface area contributed by atoms with E-state index in [1.165, 1.54) is 0 Å². The fraction of sp³-hybridized carbons (Fsp3) is 0.250. The molecule has 1 N–H and O–H groups in total. The molecule has 0 spiro atoms. The van der Waals surface area contributed by atoms with E-state index in [2.05, 4.69) is 21.2 Å². The number of methoxy groups -OCH3 is 1. The lowest BCUT2D eigenvalue weighted by atomic mass is 10.0. The molecule has 1 fully saturated rings. The van der Waals surface area contributed by atoms with Crippen LogP contribution in [0.1, 0.15) is 10.4 Å². The Labute approximate surface area is 217 Å². The van der Waals surface area contributed by atoms with Gasteiger partial charge in [-0.3, -0.25) is 9.69 Å². The Hall–Kier alpha value is -3.95. The van der Waals surface area contributed by atoms with Crippen LogP contribution in [0, 0.1) is 0 Å². The number of fused-ring (bicyclic) bond motifs is 4. The molecule has 1 amide bonds. The van der Waals surface area contributed by atoms with Crippen molar-refractivity contribution in [2.75, 3.05) is 51.3 Å². The van der Waals surface area contributed by atoms with Crippen LogP contribution in [0.4, 0.5) is 5.13 Å². The molecule has 0 saturated carbocycles. The van der Waals surface area contributed by atoms with Crippen LogP contribution in [0.25, 0.3) is 32.0 Å². The van der Waals surface area contributed by atoms with E-state index in [1.807, 2.05) is 42.5 Å². The van der Waals surface area contributed by atoms with Crippen molar-refractivity contribution in [3.63, 3.8) is 0 Å². The Morgan fingerprint density at radius 3 is 2.73 bits per heavy atom. The van der Waals surface area contributed by atoms with Gasteiger partial charge in [0.1, 0.15) is 22.4 Å². The Kier molecular flexibility index (Phi) is 6.23. The van der Waals surface area contributed by atoms with Crippen LogP contribution >= 0.6 is 11.3 Å². The number of thiazole rings is 1. The van der Waals surface area contributed by atoms with Gasteiger partial charge in [-0.05, 0) is 35.0 Å². The molecule has 3 heterocycles. The fourth-order valence-electron chi connectivity index (χ4n) is 4.83. The van der Waals surface area contributed by atoms with Crippen LogP contribution in [-0.2, 0) is 0 Å². The number of hydrogen-bond acceptors (Lipinski definition) is 8. The second-order valence-electron chi connectivity index (χ2n) is 9.03. The molecule has 1 aliphatic rings. The minimum absolute atomic E-state index is 0.0277. The summed E-state index contributed by atoms with van der Waals surface area (Å²) >= 11 is 1.68. The zero-order chi connectivity index (χ0) is 25.4. The molecule has 6 rings (SSSR count). The number of carbonyl (C=O) groups is 1. The topological polar surface area (TPSA) is 87.9 Å². The van der Waals surface area contributed by atoms with E-state index >= 15 is 0 Å². The van der Waals surface area contributed by atoms with Crippen molar-refractivity contribution in [2.24, 2.45) is 0 Å². The minimum Gasteiger partial charge on any atom is -0.494 e. The Balaban J connectivity index is 1.07. The van der Waals surface area contributed by atoms with E-state index in [1.54, 1.807) is 30.6 Å². The quantitative estimate of drug-likeness (QED) is 0.269. The van der Waals surface area contributed by atoms with Crippen LogP contribution < -0.4 is 20.6 Å². The van der Waals surface area contributed by atoms with E-state index in [9.17, 15) is 9.59 Å². The summed E-state index contributed by atoms with van der Waals surface area (Å²) in [5.41, 5.74) is 0.785. The average molecular weight is 515 g/mol. The van der Waals surface area contributed by atoms with E-state index in [0.717, 1.165) is 63.4 Å². The van der Waals surface area contributed by atoms with E-state index in [-0.39, 0.29) is 5.56 Å². The van der Waals surface area contributed by atoms with Crippen LogP contribution in [0.15, 0.2) is 69.9 Å². The third-order valence-corrected chi connectivity index (χ3v) is 7.91. The molecule has 5 aromatic rings. The lowest BCUT2D eigenvalue weighted by molar-refractivity contribution is 0.0944. The zero-order valence-corrected chi connectivity index (χ0v) is 21.2. The number of anilines is 1. The van der Waals surface area contributed by atoms with Gasteiger partial charge in [0.15, 0.2) is 5.13 Å². The van der Waals surface area contributed by atoms with Gasteiger partial charge in [0, 0.05) is 44.7 Å². The van der Waals surface area contributed by atoms with Gasteiger partial charge in [0.2, 0.25) is 0 Å². The monoisotopic (exact) mass is 514 g/mol. The number of hydrogen-bond donors (Lipinski definition) is 1. The summed E-state index contributed by atoms with van der Waals surface area (Å²) in [4.78, 5) is 34.7. The van der Waals surface area contributed by atoms with Gasteiger partial charge >= 0.3 is 5.63 Å². The first-order valence-corrected chi connectivity index (χ1v) is 13.1. The maximum Gasteiger partial charge on any atom is 0.349 e. The largest absolute Gasteiger partial charge is 0.494 e. The highest BCUT2D eigenvalue weighted by Gasteiger charge is 2.21. The summed E-state index contributed by atoms with van der Waals surface area (Å²) in [6, 6.07) is 19.1. The third-order valence-electron chi connectivity index (χ3n) is 6.83. The van der Waals surface area contributed by atoms with Crippen molar-refractivity contribution in [1.29, 1.82) is 0 Å². The number of para-hydroxylation sites is 1. The molecule has 0 bridgehead atoms. The lowest BCUT2D eigenvalue weighted by Crippen LogP contribution is -2.48. The number of aromatic nitrogens is 1. The van der Waals surface area contributed by atoms with Gasteiger partial charge in [0.25, 0.3) is 5.91 Å². The molecular formula is C28H26N4O4S. The van der Waals surface area contributed by atoms with Crippen LogP contribution in [0.2, 0.25) is 0 Å². The van der Waals surface area contributed by atoms with Crippen molar-refractivity contribution in [2.45, 2.75) is 0 Å². The first-order valence-electron chi connectivity index (χ1n) is 12.3. The number of nitrogens with one attached hydrogen (secondary N) is 1. The Morgan fingerprint density at radius 1 is 1.05 bits per heavy atom. The first kappa shape index (κ1) is 23.4. The van der Waals surface area contributed by atoms with E-state index in [4.69, 9.17) is 14.1 Å². The predicted octanol–water partition coefficient (Wildman–Crippen LogP) is 4.12. The number of amides is 1. The van der Waals surface area contributed by atoms with Crippen molar-refractivity contribution >= 4 is 54.3 Å². The highest BCUT2D eigenvalue weighted by atomic mass is 32.1. The third kappa shape index (κ3) is 4.52. The summed E-state index contributed by atoms with van der Waals surface area (Å²) < 4.78 is 12.0. The maximum atomic E-state index is 12.8. The number of carbonyl (C=O) groups excluding carboxylic acids is 1. The summed E-state index contributed by atoms with van der Waals surface area (Å²) in [5.74, 6) is 0.383. The van der Waals surface area contributed by atoms with Gasteiger partial charge in [-0.1, -0.05) is 47.7 Å². The van der Waals surface area contributed by atoms with Crippen LogP contribution in [0.5, 0.6) is 5.75 Å². The SMILES string of the molecule is COc1cccc2sc(N3CCN(CCNC(=O)c4cc5c(ccc6ccccc65)oc4=O)CC3)nc12. The van der Waals surface area contributed by atoms with Crippen molar-refractivity contribution in [3.8, 4) is 5.75 Å². The van der Waals surface area contributed by atoms with Gasteiger partial charge in [-0.25, -0.2) is 9.78 Å². The second kappa shape index (κ2) is 9.84. The fourth-order valence-corrected chi connectivity index (χ4v) is 5.86. The molecule has 0 radical (unpaired) electrons. The molecule has 2 aromatic heterocycles. The summed E-state index contributed by atoms with van der Waals surface area (Å²) in [5, 5.41) is 6.63. The summed E-state index contributed by atoms with van der Waals surface area (Å²) in [6.45, 7) is 4.61. The number of rotatable bonds is 6. The number of nitrogens with zero attached hydrogens (tertiary/aromatic N) is 3. The maximum absolute atomic E-state index is 12.8. The van der Waals surface area contributed by atoms with Gasteiger partial charge in [-0.2, -0.15) is 0 Å². The highest BCUT2D eigenvalue weighted by Crippen LogP contribution is 2.34. The molecule has 1 saturated heterocycles. The normalized spacial score (nSPS) is 14.5. The molecule has 188 valence electrons. The summed E-state index contributed by atoms with van der Waals surface area (Å²) in [7, 11) is 1.67. The van der Waals surface area contributed by atoms with Gasteiger partial charge in [-0.15, -0.1) is 0 Å². The molecular weight excluding hydrogens is 488 g/mol. The first-order chi connectivity index (χ1) is 18.1. The van der Waals surface area contributed by atoms with Crippen molar-refractivity contribution in [3.05, 3.63) is 76.6 Å². The average Bonchev–Trinajstić information content (AvgIpc) is 3.37. The highest BCUT2D eigenvalue weighted by molar-refractivity contribution is 7.22. The predicted molar refractivity (Wildman–Crippen MR) is 147 cm³/mol. The number of ether oxygens (including phenoxy) is 1. The molecule has 1 aliphatic heterocycles. The van der Waals surface area contributed by atoms with Crippen LogP contribution in [-0.4, -0.2) is 62.2 Å². The van der Waals surface area contributed by atoms with E-state index < -0.39 is 11.5 Å². The smallest absolute Gasteiger partial charge is 0.349 e. The molecule has 0 atom stereocenters. The molecule has 3 aromatic carbocycles. The Morgan fingerprint density at radius 2 is 1.89 bits per heavy atom. The van der Waals surface area contributed by atoms with Crippen molar-refractivity contribution in [1.82, 2.24) is 15.2 Å². The molecule has 8 nitrogen and oxygen atoms in total. The molecule has 0 unspecified atom stereocenters. The molecule has 0 aliphatic carbocycles. The summed E-state index contributed by atoms with van der Waals surface area (Å²) in [6.07, 6.45) is 0. The Bertz CT molecular complexity index is 1670. The van der Waals surface area contributed by atoms with Gasteiger partial charge < -0.3 is 19.4 Å². The van der Waals surface area contributed by atoms with E-state index in [0.29, 0.717) is 18.7 Å². The van der Waals surface area contributed by atoms with Gasteiger partial charge in [0.05, 0.1) is 11.8 Å². The molecule has 9 heteroatoms. The lowest BCUT2D eigenvalue weighted by Gasteiger charge is -2.34. The molecule has 37 heavy (non-hydrogen) atoms. The van der Waals surface area contributed by atoms with Crippen molar-refractivity contribution < 1.29 is 13.9 Å². The number of piperazine rings is 1. The van der Waals surface area contributed by atoms with Crippen LogP contribution in [0.3, 0.4) is 0 Å². The second-order valence-corrected chi connectivity index (χ2v) is 10.0. The standard InChI is InChI=1S/C28H26N4O4S/c1-35-23-7-4-8-24-25(23)30-28(37-24)32-15-13-31(14-16-32)12-11-29-26(33)21-17-20-19-6-3-2-5-18(19)9-10-22(20)36-27(21)34/h2-10,17H,11-16H2,1H3,(H,29,33).